The van der Waals surface area contributed by atoms with Gasteiger partial charge in [-0.2, -0.15) is 18.3 Å². The predicted octanol–water partition coefficient (Wildman–Crippen LogP) is 3.02. The molecule has 1 aliphatic heterocycles. The number of morpholine rings is 1. The van der Waals surface area contributed by atoms with Gasteiger partial charge < -0.3 is 15.4 Å². The first-order chi connectivity index (χ1) is 14.4. The van der Waals surface area contributed by atoms with E-state index in [0.717, 1.165) is 29.5 Å². The van der Waals surface area contributed by atoms with Gasteiger partial charge >= 0.3 is 6.18 Å². The van der Waals surface area contributed by atoms with Crippen molar-refractivity contribution in [1.29, 1.82) is 0 Å². The predicted molar refractivity (Wildman–Crippen MR) is 107 cm³/mol. The van der Waals surface area contributed by atoms with Crippen LogP contribution in [0.1, 0.15) is 28.0 Å². The van der Waals surface area contributed by atoms with Crippen molar-refractivity contribution in [3.05, 3.63) is 65.9 Å². The summed E-state index contributed by atoms with van der Waals surface area (Å²) in [6.45, 7) is 2.19. The van der Waals surface area contributed by atoms with Gasteiger partial charge in [0.15, 0.2) is 11.5 Å². The van der Waals surface area contributed by atoms with Gasteiger partial charge in [0, 0.05) is 37.2 Å². The van der Waals surface area contributed by atoms with Crippen molar-refractivity contribution >= 4 is 24.0 Å². The average Bonchev–Trinajstić information content (AvgIpc) is 3.25. The van der Waals surface area contributed by atoms with Gasteiger partial charge in [-0.1, -0.05) is 12.1 Å². The summed E-state index contributed by atoms with van der Waals surface area (Å²) in [5.41, 5.74) is 1.59. The monoisotopic (exact) mass is 454 g/mol. The summed E-state index contributed by atoms with van der Waals surface area (Å²) in [6, 6.07) is 9.90. The van der Waals surface area contributed by atoms with Crippen LogP contribution in [0, 0.1) is 0 Å². The summed E-state index contributed by atoms with van der Waals surface area (Å²) in [4.78, 5) is 19.1. The second-order valence-electron chi connectivity index (χ2n) is 6.52. The van der Waals surface area contributed by atoms with E-state index in [4.69, 9.17) is 4.74 Å². The molecule has 2 aromatic heterocycles. The molecule has 1 saturated heterocycles. The highest BCUT2D eigenvalue weighted by atomic mass is 35.5. The molecule has 0 aliphatic carbocycles. The van der Waals surface area contributed by atoms with Crippen LogP contribution in [0.25, 0.3) is 5.82 Å². The van der Waals surface area contributed by atoms with Crippen LogP contribution in [-0.2, 0) is 10.9 Å². The molecule has 4 rings (SSSR count). The van der Waals surface area contributed by atoms with Crippen molar-refractivity contribution in [2.24, 2.45) is 0 Å². The van der Waals surface area contributed by atoms with E-state index in [0.29, 0.717) is 12.3 Å². The number of ether oxygens (including phenoxy) is 1. The number of carbonyl (C=O) groups excluding carboxylic acids is 1. The van der Waals surface area contributed by atoms with Gasteiger partial charge in [0.2, 0.25) is 5.82 Å². The molecule has 1 aromatic carbocycles. The SMILES string of the molecule is Cl.O=C(Nc1ccc(C2CNCCO2)cc1)c1ccn(-c2ccnc(C(F)(F)F)n2)n1. The zero-order valence-corrected chi connectivity index (χ0v) is 16.8. The Morgan fingerprint density at radius 1 is 1.19 bits per heavy atom. The van der Waals surface area contributed by atoms with Crippen LogP contribution >= 0.6 is 12.4 Å². The van der Waals surface area contributed by atoms with E-state index in [1.165, 1.54) is 18.3 Å². The number of anilines is 1. The second kappa shape index (κ2) is 9.41. The second-order valence-corrected chi connectivity index (χ2v) is 6.52. The minimum Gasteiger partial charge on any atom is -0.371 e. The van der Waals surface area contributed by atoms with Crippen molar-refractivity contribution in [2.75, 3.05) is 25.0 Å². The molecular weight excluding hydrogens is 437 g/mol. The van der Waals surface area contributed by atoms with Gasteiger partial charge in [-0.3, -0.25) is 4.79 Å². The van der Waals surface area contributed by atoms with E-state index in [1.807, 2.05) is 12.1 Å². The van der Waals surface area contributed by atoms with Gasteiger partial charge in [-0.15, -0.1) is 12.4 Å². The van der Waals surface area contributed by atoms with Crippen LogP contribution in [0.2, 0.25) is 0 Å². The first-order valence-electron chi connectivity index (χ1n) is 9.10. The lowest BCUT2D eigenvalue weighted by atomic mass is 10.1. The normalized spacial score (nSPS) is 16.4. The summed E-state index contributed by atoms with van der Waals surface area (Å²) in [7, 11) is 0. The fourth-order valence-corrected chi connectivity index (χ4v) is 2.94. The van der Waals surface area contributed by atoms with E-state index in [1.54, 1.807) is 12.1 Å². The highest BCUT2D eigenvalue weighted by Gasteiger charge is 2.34. The number of carbonyl (C=O) groups is 1. The number of aromatic nitrogens is 4. The fraction of sp³-hybridized carbons (Fsp3) is 0.263. The minimum atomic E-state index is -4.67. The highest BCUT2D eigenvalue weighted by Crippen LogP contribution is 2.26. The maximum Gasteiger partial charge on any atom is 0.451 e. The molecule has 1 atom stereocenters. The lowest BCUT2D eigenvalue weighted by Gasteiger charge is -2.24. The fourth-order valence-electron chi connectivity index (χ4n) is 2.94. The van der Waals surface area contributed by atoms with Crippen molar-refractivity contribution in [3.8, 4) is 5.82 Å². The first kappa shape index (κ1) is 22.7. The Morgan fingerprint density at radius 3 is 2.65 bits per heavy atom. The Labute approximate surface area is 181 Å². The van der Waals surface area contributed by atoms with Gasteiger partial charge in [-0.05, 0) is 23.8 Å². The zero-order valence-electron chi connectivity index (χ0n) is 16.0. The Kier molecular flexibility index (Phi) is 6.88. The quantitative estimate of drug-likeness (QED) is 0.629. The number of nitrogens with zero attached hydrogens (tertiary/aromatic N) is 4. The molecule has 1 unspecified atom stereocenters. The van der Waals surface area contributed by atoms with E-state index in [2.05, 4.69) is 25.7 Å². The summed E-state index contributed by atoms with van der Waals surface area (Å²) >= 11 is 0. The number of benzene rings is 1. The van der Waals surface area contributed by atoms with Gasteiger partial charge in [0.05, 0.1) is 12.7 Å². The number of nitrogens with one attached hydrogen (secondary N) is 2. The number of hydrogen-bond donors (Lipinski definition) is 2. The molecule has 0 radical (unpaired) electrons. The number of amides is 1. The molecule has 0 spiro atoms. The van der Waals surface area contributed by atoms with Crippen molar-refractivity contribution in [2.45, 2.75) is 12.3 Å². The first-order valence-corrected chi connectivity index (χ1v) is 9.10. The van der Waals surface area contributed by atoms with Crippen LogP contribution in [-0.4, -0.2) is 45.4 Å². The van der Waals surface area contributed by atoms with E-state index in [9.17, 15) is 18.0 Å². The topological polar surface area (TPSA) is 94.0 Å². The average molecular weight is 455 g/mol. The van der Waals surface area contributed by atoms with Crippen LogP contribution in [0.3, 0.4) is 0 Å². The highest BCUT2D eigenvalue weighted by molar-refractivity contribution is 6.02. The lowest BCUT2D eigenvalue weighted by molar-refractivity contribution is -0.145. The number of alkyl halides is 3. The summed E-state index contributed by atoms with van der Waals surface area (Å²) in [6.07, 6.45) is -2.37. The number of hydrogen-bond acceptors (Lipinski definition) is 6. The maximum absolute atomic E-state index is 12.8. The largest absolute Gasteiger partial charge is 0.451 e. The third kappa shape index (κ3) is 5.37. The molecule has 1 aliphatic rings. The molecule has 164 valence electrons. The van der Waals surface area contributed by atoms with Gasteiger partial charge in [0.25, 0.3) is 5.91 Å². The molecule has 8 nitrogen and oxygen atoms in total. The van der Waals surface area contributed by atoms with E-state index in [-0.39, 0.29) is 30.0 Å². The zero-order chi connectivity index (χ0) is 21.1. The van der Waals surface area contributed by atoms with Crippen LogP contribution in [0.5, 0.6) is 0 Å². The van der Waals surface area contributed by atoms with Crippen molar-refractivity contribution in [3.63, 3.8) is 0 Å². The molecule has 0 bridgehead atoms. The van der Waals surface area contributed by atoms with E-state index >= 15 is 0 Å². The molecule has 12 heteroatoms. The summed E-state index contributed by atoms with van der Waals surface area (Å²) in [5, 5.41) is 9.97. The van der Waals surface area contributed by atoms with Gasteiger partial charge in [-0.25, -0.2) is 14.6 Å². The van der Waals surface area contributed by atoms with Gasteiger partial charge in [0.1, 0.15) is 0 Å². The molecule has 31 heavy (non-hydrogen) atoms. The maximum atomic E-state index is 12.8. The smallest absolute Gasteiger partial charge is 0.371 e. The number of rotatable bonds is 4. The molecule has 3 aromatic rings. The molecule has 2 N–H and O–H groups in total. The Bertz CT molecular complexity index is 1040. The van der Waals surface area contributed by atoms with E-state index < -0.39 is 17.9 Å². The lowest BCUT2D eigenvalue weighted by Crippen LogP contribution is -2.33. The van der Waals surface area contributed by atoms with Crippen molar-refractivity contribution in [1.82, 2.24) is 25.1 Å². The summed E-state index contributed by atoms with van der Waals surface area (Å²) in [5.74, 6) is -1.87. The summed E-state index contributed by atoms with van der Waals surface area (Å²) < 4.78 is 45.1. The molecule has 1 fully saturated rings. The number of halogens is 4. The minimum absolute atomic E-state index is 0. The third-order valence-electron chi connectivity index (χ3n) is 4.42. The Hall–Kier alpha value is -3.02. The van der Waals surface area contributed by atoms with Crippen LogP contribution in [0.15, 0.2) is 48.8 Å². The van der Waals surface area contributed by atoms with Crippen LogP contribution in [0.4, 0.5) is 18.9 Å². The molecule has 0 saturated carbocycles. The Balaban J connectivity index is 0.00000272. The Morgan fingerprint density at radius 2 is 1.97 bits per heavy atom. The van der Waals surface area contributed by atoms with Crippen molar-refractivity contribution < 1.29 is 22.7 Å². The van der Waals surface area contributed by atoms with Crippen LogP contribution < -0.4 is 10.6 Å². The molecular formula is C19H18ClF3N6O2. The molecule has 1 amide bonds. The molecule has 3 heterocycles. The standard InChI is InChI=1S/C19H17F3N6O2.ClH/c20-19(21,22)18-24-7-5-16(26-18)28-9-6-14(27-28)17(29)25-13-3-1-12(2-4-13)15-11-23-8-10-30-15;/h1-7,9,15,23H,8,10-11H2,(H,25,29);1H. The third-order valence-corrected chi connectivity index (χ3v) is 4.42.